The van der Waals surface area contributed by atoms with E-state index < -0.39 is 10.8 Å². The Hall–Kier alpha value is -1.66. The van der Waals surface area contributed by atoms with Gasteiger partial charge >= 0.3 is 0 Å². The highest BCUT2D eigenvalue weighted by atomic mass is 35.5. The molecule has 0 saturated carbocycles. The number of nitro groups is 1. The topological polar surface area (TPSA) is 81.5 Å². The molecule has 0 radical (unpaired) electrons. The molecule has 0 saturated heterocycles. The number of benzene rings is 1. The van der Waals surface area contributed by atoms with Crippen molar-refractivity contribution in [2.24, 2.45) is 0 Å². The number of amides is 1. The van der Waals surface area contributed by atoms with Gasteiger partial charge in [0, 0.05) is 25.8 Å². The van der Waals surface area contributed by atoms with Crippen LogP contribution in [0.1, 0.15) is 23.7 Å². The van der Waals surface area contributed by atoms with Crippen LogP contribution < -0.4 is 5.32 Å². The molecule has 19 heavy (non-hydrogen) atoms. The average Bonchev–Trinajstić information content (AvgIpc) is 2.38. The average molecular weight is 287 g/mol. The van der Waals surface area contributed by atoms with Crippen molar-refractivity contribution >= 4 is 23.2 Å². The molecule has 1 N–H and O–H groups in total. The summed E-state index contributed by atoms with van der Waals surface area (Å²) in [5.41, 5.74) is -0.170. The number of rotatable bonds is 7. The smallest absolute Gasteiger partial charge is 0.288 e. The number of carbonyl (C=O) groups excluding carboxylic acids is 1. The van der Waals surface area contributed by atoms with Crippen LogP contribution in [0.5, 0.6) is 0 Å². The van der Waals surface area contributed by atoms with Crippen molar-refractivity contribution in [1.29, 1.82) is 0 Å². The van der Waals surface area contributed by atoms with Crippen LogP contribution in [0, 0.1) is 10.1 Å². The maximum Gasteiger partial charge on any atom is 0.288 e. The van der Waals surface area contributed by atoms with Gasteiger partial charge in [0.15, 0.2) is 0 Å². The highest BCUT2D eigenvalue weighted by Gasteiger charge is 2.19. The lowest BCUT2D eigenvalue weighted by atomic mass is 10.2. The molecule has 0 atom stereocenters. The van der Waals surface area contributed by atoms with Crippen molar-refractivity contribution in [2.75, 3.05) is 19.8 Å². The van der Waals surface area contributed by atoms with E-state index in [1.54, 1.807) is 0 Å². The summed E-state index contributed by atoms with van der Waals surface area (Å²) < 4.78 is 5.13. The Bertz CT molecular complexity index is 465. The van der Waals surface area contributed by atoms with Gasteiger partial charge in [-0.25, -0.2) is 0 Å². The van der Waals surface area contributed by atoms with Gasteiger partial charge < -0.3 is 10.1 Å². The standard InChI is InChI=1S/C12H15ClN2O4/c1-2-19-8-4-7-14-12(16)9-5-3-6-10(11(9)13)15(17)18/h3,5-6H,2,4,7-8H2,1H3,(H,14,16). The summed E-state index contributed by atoms with van der Waals surface area (Å²) in [5.74, 6) is -0.426. The zero-order chi connectivity index (χ0) is 14.3. The zero-order valence-electron chi connectivity index (χ0n) is 10.5. The quantitative estimate of drug-likeness (QED) is 0.474. The van der Waals surface area contributed by atoms with Crippen LogP contribution in [-0.2, 0) is 4.74 Å². The maximum atomic E-state index is 11.8. The zero-order valence-corrected chi connectivity index (χ0v) is 11.3. The molecule has 0 aliphatic heterocycles. The van der Waals surface area contributed by atoms with Gasteiger partial charge in [-0.1, -0.05) is 17.7 Å². The van der Waals surface area contributed by atoms with E-state index in [1.165, 1.54) is 18.2 Å². The van der Waals surface area contributed by atoms with Gasteiger partial charge in [-0.05, 0) is 19.4 Å². The first-order valence-electron chi connectivity index (χ1n) is 5.86. The molecule has 0 aromatic heterocycles. The normalized spacial score (nSPS) is 10.2. The lowest BCUT2D eigenvalue weighted by Crippen LogP contribution is -2.25. The van der Waals surface area contributed by atoms with Gasteiger partial charge in [0.1, 0.15) is 5.02 Å². The van der Waals surface area contributed by atoms with Crippen LogP contribution in [0.2, 0.25) is 5.02 Å². The fourth-order valence-corrected chi connectivity index (χ4v) is 1.73. The largest absolute Gasteiger partial charge is 0.382 e. The first-order valence-corrected chi connectivity index (χ1v) is 6.24. The lowest BCUT2D eigenvalue weighted by Gasteiger charge is -2.07. The highest BCUT2D eigenvalue weighted by Crippen LogP contribution is 2.27. The van der Waals surface area contributed by atoms with E-state index in [2.05, 4.69) is 5.32 Å². The molecular weight excluding hydrogens is 272 g/mol. The van der Waals surface area contributed by atoms with E-state index in [1.807, 2.05) is 6.92 Å². The molecule has 1 aromatic carbocycles. The summed E-state index contributed by atoms with van der Waals surface area (Å²) >= 11 is 5.83. The molecule has 0 heterocycles. The summed E-state index contributed by atoms with van der Waals surface area (Å²) in [4.78, 5) is 21.9. The molecule has 0 spiro atoms. The van der Waals surface area contributed by atoms with E-state index >= 15 is 0 Å². The Labute approximate surface area is 115 Å². The minimum Gasteiger partial charge on any atom is -0.382 e. The number of ether oxygens (including phenoxy) is 1. The Balaban J connectivity index is 2.62. The lowest BCUT2D eigenvalue weighted by molar-refractivity contribution is -0.384. The van der Waals surface area contributed by atoms with Crippen LogP contribution in [0.3, 0.4) is 0 Å². The van der Waals surface area contributed by atoms with E-state index in [-0.39, 0.29) is 16.3 Å². The Morgan fingerprint density at radius 3 is 2.89 bits per heavy atom. The highest BCUT2D eigenvalue weighted by molar-refractivity contribution is 6.35. The Morgan fingerprint density at radius 1 is 1.53 bits per heavy atom. The van der Waals surface area contributed by atoms with Crippen molar-refractivity contribution in [2.45, 2.75) is 13.3 Å². The maximum absolute atomic E-state index is 11.8. The third-order valence-electron chi connectivity index (χ3n) is 2.37. The summed E-state index contributed by atoms with van der Waals surface area (Å²) in [6.07, 6.45) is 0.673. The van der Waals surface area contributed by atoms with Gasteiger partial charge in [0.05, 0.1) is 10.5 Å². The van der Waals surface area contributed by atoms with Crippen LogP contribution in [-0.4, -0.2) is 30.6 Å². The van der Waals surface area contributed by atoms with Crippen molar-refractivity contribution in [3.63, 3.8) is 0 Å². The SMILES string of the molecule is CCOCCCNC(=O)c1cccc([N+](=O)[O-])c1Cl. The van der Waals surface area contributed by atoms with Crippen molar-refractivity contribution < 1.29 is 14.5 Å². The van der Waals surface area contributed by atoms with Crippen molar-refractivity contribution in [3.05, 3.63) is 38.9 Å². The molecule has 0 aliphatic carbocycles. The molecule has 7 heteroatoms. The number of hydrogen-bond donors (Lipinski definition) is 1. The van der Waals surface area contributed by atoms with E-state index in [9.17, 15) is 14.9 Å². The fourth-order valence-electron chi connectivity index (χ4n) is 1.45. The van der Waals surface area contributed by atoms with Gasteiger partial charge in [-0.15, -0.1) is 0 Å². The molecule has 1 aromatic rings. The van der Waals surface area contributed by atoms with Crippen LogP contribution >= 0.6 is 11.6 Å². The van der Waals surface area contributed by atoms with Gasteiger partial charge in [-0.2, -0.15) is 0 Å². The summed E-state index contributed by atoms with van der Waals surface area (Å²) in [6.45, 7) is 3.50. The molecule has 6 nitrogen and oxygen atoms in total. The molecule has 104 valence electrons. The summed E-state index contributed by atoms with van der Waals surface area (Å²) in [5, 5.41) is 13.2. The first-order chi connectivity index (χ1) is 9.07. The van der Waals surface area contributed by atoms with Crippen molar-refractivity contribution in [3.8, 4) is 0 Å². The third kappa shape index (κ3) is 4.50. The molecule has 0 fully saturated rings. The molecule has 0 aliphatic rings. The second-order valence-corrected chi connectivity index (χ2v) is 4.08. The second-order valence-electron chi connectivity index (χ2n) is 3.70. The van der Waals surface area contributed by atoms with Crippen LogP contribution in [0.25, 0.3) is 0 Å². The predicted molar refractivity (Wildman–Crippen MR) is 71.5 cm³/mol. The molecule has 0 unspecified atom stereocenters. The summed E-state index contributed by atoms with van der Waals surface area (Å²) in [7, 11) is 0. The Kier molecular flexibility index (Phi) is 6.24. The van der Waals surface area contributed by atoms with Gasteiger partial charge in [0.2, 0.25) is 0 Å². The number of carbonyl (C=O) groups is 1. The minimum absolute atomic E-state index is 0.104. The number of halogens is 1. The van der Waals surface area contributed by atoms with Crippen LogP contribution in [0.4, 0.5) is 5.69 Å². The number of hydrogen-bond acceptors (Lipinski definition) is 4. The van der Waals surface area contributed by atoms with Gasteiger partial charge in [0.25, 0.3) is 11.6 Å². The first kappa shape index (κ1) is 15.4. The molecule has 1 rings (SSSR count). The minimum atomic E-state index is -0.617. The van der Waals surface area contributed by atoms with E-state index in [4.69, 9.17) is 16.3 Å². The van der Waals surface area contributed by atoms with Crippen LogP contribution in [0.15, 0.2) is 18.2 Å². The number of nitrogens with zero attached hydrogens (tertiary/aromatic N) is 1. The monoisotopic (exact) mass is 286 g/mol. The summed E-state index contributed by atoms with van der Waals surface area (Å²) in [6, 6.07) is 4.14. The molecule has 1 amide bonds. The third-order valence-corrected chi connectivity index (χ3v) is 2.77. The van der Waals surface area contributed by atoms with E-state index in [0.29, 0.717) is 26.2 Å². The molecular formula is C12H15ClN2O4. The predicted octanol–water partition coefficient (Wildman–Crippen LogP) is 2.40. The Morgan fingerprint density at radius 2 is 2.26 bits per heavy atom. The van der Waals surface area contributed by atoms with Crippen molar-refractivity contribution in [1.82, 2.24) is 5.32 Å². The molecule has 0 bridgehead atoms. The van der Waals surface area contributed by atoms with E-state index in [0.717, 1.165) is 0 Å². The van der Waals surface area contributed by atoms with Gasteiger partial charge in [-0.3, -0.25) is 14.9 Å². The fraction of sp³-hybridized carbons (Fsp3) is 0.417. The number of nitro benzene ring substituents is 1. The second kappa shape index (κ2) is 7.70. The number of nitrogens with one attached hydrogen (secondary N) is 1.